The van der Waals surface area contributed by atoms with Crippen LogP contribution >= 0.6 is 0 Å². The fraction of sp³-hybridized carbons (Fsp3) is 0.500. The van der Waals surface area contributed by atoms with Crippen molar-refractivity contribution in [1.82, 2.24) is 30.4 Å². The van der Waals surface area contributed by atoms with E-state index in [2.05, 4.69) is 56.9 Å². The number of nitrogens with one attached hydrogen (secondary N) is 1. The number of aromatic nitrogens is 4. The lowest BCUT2D eigenvalue weighted by atomic mass is 10.0. The van der Waals surface area contributed by atoms with E-state index in [4.69, 9.17) is 0 Å². The molecular formula is C16H22N6O. The highest BCUT2D eigenvalue weighted by atomic mass is 16.2. The molecule has 0 unspecified atom stereocenters. The Kier molecular flexibility index (Phi) is 4.97. The molecule has 1 aliphatic heterocycles. The maximum atomic E-state index is 11.9. The monoisotopic (exact) mass is 314 g/mol. The summed E-state index contributed by atoms with van der Waals surface area (Å²) in [6.07, 6.45) is 3.41. The number of nitrogens with zero attached hydrogens (tertiary/aromatic N) is 5. The Balaban J connectivity index is 1.42. The molecule has 0 aliphatic carbocycles. The van der Waals surface area contributed by atoms with Crippen molar-refractivity contribution in [3.05, 3.63) is 41.7 Å². The zero-order chi connectivity index (χ0) is 16.1. The third kappa shape index (κ3) is 4.59. The van der Waals surface area contributed by atoms with Gasteiger partial charge in [0.15, 0.2) is 0 Å². The average Bonchev–Trinajstić information content (AvgIpc) is 3.02. The Morgan fingerprint density at radius 2 is 2.17 bits per heavy atom. The Labute approximate surface area is 135 Å². The molecule has 1 aromatic heterocycles. The van der Waals surface area contributed by atoms with E-state index in [-0.39, 0.29) is 18.5 Å². The van der Waals surface area contributed by atoms with E-state index in [1.165, 1.54) is 22.1 Å². The van der Waals surface area contributed by atoms with Crippen LogP contribution in [0.25, 0.3) is 0 Å². The number of tetrazole rings is 1. The first kappa shape index (κ1) is 15.6. The minimum Gasteiger partial charge on any atom is -0.352 e. The molecular weight excluding hydrogens is 292 g/mol. The van der Waals surface area contributed by atoms with Crippen LogP contribution in [0.5, 0.6) is 0 Å². The standard InChI is InChI=1S/C16H22N6O/c1-13-3-2-4-14(9-13)10-21-7-5-15(6-8-21)18-16(23)11-22-12-17-19-20-22/h2-4,9,12,15H,5-8,10-11H2,1H3,(H,18,23). The minimum atomic E-state index is -0.0329. The lowest BCUT2D eigenvalue weighted by Gasteiger charge is -2.32. The van der Waals surface area contributed by atoms with Crippen molar-refractivity contribution in [2.45, 2.75) is 38.9 Å². The van der Waals surface area contributed by atoms with Gasteiger partial charge < -0.3 is 5.32 Å². The number of amides is 1. The maximum absolute atomic E-state index is 11.9. The summed E-state index contributed by atoms with van der Waals surface area (Å²) in [4.78, 5) is 14.4. The predicted octanol–water partition coefficient (Wildman–Crippen LogP) is 0.762. The third-order valence-corrected chi connectivity index (χ3v) is 4.14. The van der Waals surface area contributed by atoms with Gasteiger partial charge in [0, 0.05) is 25.7 Å². The van der Waals surface area contributed by atoms with Gasteiger partial charge in [0.05, 0.1) is 0 Å². The van der Waals surface area contributed by atoms with E-state index >= 15 is 0 Å². The fourth-order valence-corrected chi connectivity index (χ4v) is 2.98. The first-order chi connectivity index (χ1) is 11.2. The number of rotatable bonds is 5. The molecule has 3 rings (SSSR count). The highest BCUT2D eigenvalue weighted by Crippen LogP contribution is 2.14. The molecule has 0 atom stereocenters. The van der Waals surface area contributed by atoms with Crippen LogP contribution in [0.2, 0.25) is 0 Å². The number of carbonyl (C=O) groups is 1. The molecule has 1 N–H and O–H groups in total. The largest absolute Gasteiger partial charge is 0.352 e. The molecule has 1 saturated heterocycles. The minimum absolute atomic E-state index is 0.0329. The van der Waals surface area contributed by atoms with Gasteiger partial charge in [-0.25, -0.2) is 4.68 Å². The normalized spacial score (nSPS) is 16.4. The summed E-state index contributed by atoms with van der Waals surface area (Å²) in [6, 6.07) is 8.88. The van der Waals surface area contributed by atoms with E-state index in [0.29, 0.717) is 0 Å². The van der Waals surface area contributed by atoms with Crippen LogP contribution in [0.15, 0.2) is 30.6 Å². The second kappa shape index (κ2) is 7.32. The summed E-state index contributed by atoms with van der Waals surface area (Å²) in [5.74, 6) is -0.0329. The molecule has 2 aromatic rings. The van der Waals surface area contributed by atoms with Crippen LogP contribution < -0.4 is 5.32 Å². The SMILES string of the molecule is Cc1cccc(CN2CCC(NC(=O)Cn3cnnn3)CC2)c1. The first-order valence-electron chi connectivity index (χ1n) is 7.97. The van der Waals surface area contributed by atoms with Gasteiger partial charge in [-0.05, 0) is 35.8 Å². The lowest BCUT2D eigenvalue weighted by molar-refractivity contribution is -0.122. The molecule has 2 heterocycles. The second-order valence-corrected chi connectivity index (χ2v) is 6.11. The van der Waals surface area contributed by atoms with E-state index in [1.54, 1.807) is 0 Å². The first-order valence-corrected chi connectivity index (χ1v) is 7.97. The van der Waals surface area contributed by atoms with Crippen LogP contribution in [0, 0.1) is 6.92 Å². The van der Waals surface area contributed by atoms with Gasteiger partial charge >= 0.3 is 0 Å². The van der Waals surface area contributed by atoms with Crippen LogP contribution in [-0.4, -0.2) is 50.1 Å². The molecule has 1 fully saturated rings. The molecule has 0 radical (unpaired) electrons. The molecule has 1 aromatic carbocycles. The van der Waals surface area contributed by atoms with Crippen LogP contribution in [0.1, 0.15) is 24.0 Å². The highest BCUT2D eigenvalue weighted by Gasteiger charge is 2.20. The smallest absolute Gasteiger partial charge is 0.242 e. The summed E-state index contributed by atoms with van der Waals surface area (Å²) < 4.78 is 1.43. The quantitative estimate of drug-likeness (QED) is 0.882. The molecule has 122 valence electrons. The summed E-state index contributed by atoms with van der Waals surface area (Å²) in [6.45, 7) is 5.28. The average molecular weight is 314 g/mol. The topological polar surface area (TPSA) is 75.9 Å². The molecule has 1 amide bonds. The number of hydrogen-bond donors (Lipinski definition) is 1. The van der Waals surface area contributed by atoms with Gasteiger partial charge in [-0.3, -0.25) is 9.69 Å². The van der Waals surface area contributed by atoms with Crippen molar-refractivity contribution in [1.29, 1.82) is 0 Å². The van der Waals surface area contributed by atoms with E-state index < -0.39 is 0 Å². The maximum Gasteiger partial charge on any atom is 0.242 e. The summed E-state index contributed by atoms with van der Waals surface area (Å²) in [7, 11) is 0. The van der Waals surface area contributed by atoms with Crippen molar-refractivity contribution in [3.63, 3.8) is 0 Å². The lowest BCUT2D eigenvalue weighted by Crippen LogP contribution is -2.45. The molecule has 1 aliphatic rings. The van der Waals surface area contributed by atoms with Crippen molar-refractivity contribution in [2.75, 3.05) is 13.1 Å². The van der Waals surface area contributed by atoms with Crippen molar-refractivity contribution in [3.8, 4) is 0 Å². The molecule has 23 heavy (non-hydrogen) atoms. The molecule has 0 bridgehead atoms. The number of carbonyl (C=O) groups excluding carboxylic acids is 1. The van der Waals surface area contributed by atoms with Gasteiger partial charge in [-0.15, -0.1) is 5.10 Å². The van der Waals surface area contributed by atoms with Gasteiger partial charge in [0.1, 0.15) is 12.9 Å². The number of piperidine rings is 1. The molecule has 0 saturated carbocycles. The predicted molar refractivity (Wildman–Crippen MR) is 85.4 cm³/mol. The van der Waals surface area contributed by atoms with E-state index in [0.717, 1.165) is 32.5 Å². The van der Waals surface area contributed by atoms with E-state index in [1.807, 2.05) is 0 Å². The van der Waals surface area contributed by atoms with Gasteiger partial charge in [0.2, 0.25) is 5.91 Å². The summed E-state index contributed by atoms with van der Waals surface area (Å²) in [5, 5.41) is 13.8. The van der Waals surface area contributed by atoms with Crippen LogP contribution in [-0.2, 0) is 17.9 Å². The Bertz CT molecular complexity index is 634. The molecule has 7 heteroatoms. The Morgan fingerprint density at radius 1 is 1.35 bits per heavy atom. The zero-order valence-corrected chi connectivity index (χ0v) is 13.4. The number of likely N-dealkylation sites (tertiary alicyclic amines) is 1. The van der Waals surface area contributed by atoms with Crippen molar-refractivity contribution >= 4 is 5.91 Å². The number of aryl methyl sites for hydroxylation is 1. The third-order valence-electron chi connectivity index (χ3n) is 4.14. The fourth-order valence-electron chi connectivity index (χ4n) is 2.98. The zero-order valence-electron chi connectivity index (χ0n) is 13.4. The number of benzene rings is 1. The van der Waals surface area contributed by atoms with E-state index in [9.17, 15) is 4.79 Å². The van der Waals surface area contributed by atoms with Gasteiger partial charge in [0.25, 0.3) is 0 Å². The van der Waals surface area contributed by atoms with Crippen molar-refractivity contribution in [2.24, 2.45) is 0 Å². The highest BCUT2D eigenvalue weighted by molar-refractivity contribution is 5.75. The Morgan fingerprint density at radius 3 is 2.87 bits per heavy atom. The molecule has 0 spiro atoms. The number of hydrogen-bond acceptors (Lipinski definition) is 5. The van der Waals surface area contributed by atoms with Crippen molar-refractivity contribution < 1.29 is 4.79 Å². The van der Waals surface area contributed by atoms with Crippen LogP contribution in [0.3, 0.4) is 0 Å². The molecule has 7 nitrogen and oxygen atoms in total. The summed E-state index contributed by atoms with van der Waals surface area (Å²) >= 11 is 0. The van der Waals surface area contributed by atoms with Gasteiger partial charge in [-0.2, -0.15) is 0 Å². The van der Waals surface area contributed by atoms with Gasteiger partial charge in [-0.1, -0.05) is 29.8 Å². The van der Waals surface area contributed by atoms with Crippen LogP contribution in [0.4, 0.5) is 0 Å². The second-order valence-electron chi connectivity index (χ2n) is 6.11. The Hall–Kier alpha value is -2.28. The summed E-state index contributed by atoms with van der Waals surface area (Å²) in [5.41, 5.74) is 2.65.